The third kappa shape index (κ3) is 3.48. The summed E-state index contributed by atoms with van der Waals surface area (Å²) in [6.45, 7) is 3.76. The van der Waals surface area contributed by atoms with Gasteiger partial charge in [-0.3, -0.25) is 14.6 Å². The Morgan fingerprint density at radius 3 is 2.92 bits per heavy atom. The number of rotatable bonds is 3. The third-order valence-electron chi connectivity index (χ3n) is 4.38. The molecule has 6 heteroatoms. The molecule has 0 aromatic carbocycles. The molecule has 0 fully saturated rings. The fraction of sp³-hybridized carbons (Fsp3) is 0.389. The third-order valence-corrected chi connectivity index (χ3v) is 4.38. The predicted octanol–water partition coefficient (Wildman–Crippen LogP) is 1.60. The van der Waals surface area contributed by atoms with Crippen molar-refractivity contribution in [1.82, 2.24) is 19.8 Å². The van der Waals surface area contributed by atoms with Gasteiger partial charge < -0.3 is 14.8 Å². The molecule has 1 aliphatic heterocycles. The second-order valence-electron chi connectivity index (χ2n) is 6.30. The largest absolute Gasteiger partial charge is 0.359 e. The van der Waals surface area contributed by atoms with Crippen molar-refractivity contribution in [2.45, 2.75) is 26.4 Å². The molecule has 126 valence electrons. The molecule has 0 aliphatic carbocycles. The van der Waals surface area contributed by atoms with Crippen LogP contribution in [0.15, 0.2) is 36.7 Å². The molecule has 0 spiro atoms. The van der Waals surface area contributed by atoms with E-state index in [1.54, 1.807) is 24.2 Å². The molecule has 0 radical (unpaired) electrons. The van der Waals surface area contributed by atoms with Crippen molar-refractivity contribution >= 4 is 11.8 Å². The number of fused-ring (bicyclic) bond motifs is 1. The van der Waals surface area contributed by atoms with Crippen LogP contribution in [0.2, 0.25) is 0 Å². The van der Waals surface area contributed by atoms with E-state index in [9.17, 15) is 9.59 Å². The Morgan fingerprint density at radius 1 is 1.33 bits per heavy atom. The summed E-state index contributed by atoms with van der Waals surface area (Å²) in [7, 11) is 1.64. The van der Waals surface area contributed by atoms with E-state index >= 15 is 0 Å². The van der Waals surface area contributed by atoms with Crippen LogP contribution < -0.4 is 5.32 Å². The Bertz CT molecular complexity index is 753. The Balaban J connectivity index is 1.86. The summed E-state index contributed by atoms with van der Waals surface area (Å²) in [5.41, 5.74) is 2.54. The summed E-state index contributed by atoms with van der Waals surface area (Å²) in [5, 5.41) is 2.67. The molecule has 2 aromatic heterocycles. The second-order valence-corrected chi connectivity index (χ2v) is 6.30. The monoisotopic (exact) mass is 326 g/mol. The van der Waals surface area contributed by atoms with E-state index in [0.29, 0.717) is 25.2 Å². The number of amides is 2. The second kappa shape index (κ2) is 6.86. The van der Waals surface area contributed by atoms with Crippen LogP contribution in [0, 0.1) is 12.8 Å². The van der Waals surface area contributed by atoms with Crippen molar-refractivity contribution in [3.8, 4) is 0 Å². The Labute approximate surface area is 141 Å². The first kappa shape index (κ1) is 16.2. The predicted molar refractivity (Wildman–Crippen MR) is 90.3 cm³/mol. The van der Waals surface area contributed by atoms with E-state index in [1.165, 1.54) is 0 Å². The van der Waals surface area contributed by atoms with Gasteiger partial charge in [-0.2, -0.15) is 0 Å². The quantitative estimate of drug-likeness (QED) is 0.931. The minimum atomic E-state index is -0.0877. The van der Waals surface area contributed by atoms with E-state index in [1.807, 2.05) is 31.3 Å². The number of aryl methyl sites for hydroxylation is 1. The topological polar surface area (TPSA) is 67.2 Å². The number of pyridine rings is 1. The van der Waals surface area contributed by atoms with Gasteiger partial charge in [0.1, 0.15) is 5.69 Å². The summed E-state index contributed by atoms with van der Waals surface area (Å²) in [6, 6.07) is 7.68. The molecule has 0 saturated carbocycles. The maximum atomic E-state index is 12.9. The van der Waals surface area contributed by atoms with Crippen LogP contribution in [0.5, 0.6) is 0 Å². The Kier molecular flexibility index (Phi) is 4.64. The van der Waals surface area contributed by atoms with Crippen LogP contribution in [-0.4, -0.2) is 39.9 Å². The number of nitrogens with one attached hydrogen (secondary N) is 1. The van der Waals surface area contributed by atoms with Gasteiger partial charge in [0.15, 0.2) is 0 Å². The van der Waals surface area contributed by atoms with Gasteiger partial charge in [0.25, 0.3) is 5.91 Å². The molecule has 6 nitrogen and oxygen atoms in total. The van der Waals surface area contributed by atoms with Gasteiger partial charge in [0.2, 0.25) is 5.91 Å². The number of aromatic nitrogens is 2. The zero-order valence-corrected chi connectivity index (χ0v) is 14.0. The SMILES string of the molecule is CNC(=O)CC1CN(C(=O)c2cc(C)ccn2)Cc2cccn2C1. The highest BCUT2D eigenvalue weighted by atomic mass is 16.2. The first-order chi connectivity index (χ1) is 11.6. The lowest BCUT2D eigenvalue weighted by atomic mass is 10.0. The maximum absolute atomic E-state index is 12.9. The van der Waals surface area contributed by atoms with Crippen LogP contribution in [0.3, 0.4) is 0 Å². The van der Waals surface area contributed by atoms with Crippen molar-refractivity contribution < 1.29 is 9.59 Å². The maximum Gasteiger partial charge on any atom is 0.272 e. The Morgan fingerprint density at radius 2 is 2.17 bits per heavy atom. The highest BCUT2D eigenvalue weighted by Gasteiger charge is 2.27. The molecule has 0 bridgehead atoms. The summed E-state index contributed by atoms with van der Waals surface area (Å²) in [6.07, 6.45) is 4.06. The van der Waals surface area contributed by atoms with Crippen molar-refractivity contribution in [1.29, 1.82) is 0 Å². The van der Waals surface area contributed by atoms with Gasteiger partial charge in [-0.25, -0.2) is 0 Å². The molecule has 24 heavy (non-hydrogen) atoms. The Hall–Kier alpha value is -2.63. The standard InChI is InChI=1S/C18H22N4O2/c1-13-5-6-20-16(8-13)18(24)22-11-14(9-17(23)19-2)10-21-7-3-4-15(21)12-22/h3-8,14H,9-12H2,1-2H3,(H,19,23). The van der Waals surface area contributed by atoms with Crippen LogP contribution in [0.25, 0.3) is 0 Å². The number of carbonyl (C=O) groups excluding carboxylic acids is 2. The fourth-order valence-electron chi connectivity index (χ4n) is 3.14. The average molecular weight is 326 g/mol. The van der Waals surface area contributed by atoms with Crippen LogP contribution in [0.4, 0.5) is 0 Å². The first-order valence-corrected chi connectivity index (χ1v) is 8.13. The van der Waals surface area contributed by atoms with Gasteiger partial charge in [0.05, 0.1) is 6.54 Å². The van der Waals surface area contributed by atoms with E-state index in [0.717, 1.165) is 17.8 Å². The van der Waals surface area contributed by atoms with Gasteiger partial charge >= 0.3 is 0 Å². The molecule has 3 heterocycles. The van der Waals surface area contributed by atoms with Crippen molar-refractivity contribution in [3.05, 3.63) is 53.6 Å². The minimum absolute atomic E-state index is 0.00307. The van der Waals surface area contributed by atoms with Crippen molar-refractivity contribution in [2.75, 3.05) is 13.6 Å². The van der Waals surface area contributed by atoms with E-state index in [-0.39, 0.29) is 17.7 Å². The van der Waals surface area contributed by atoms with Gasteiger partial charge in [0, 0.05) is 50.6 Å². The fourth-order valence-corrected chi connectivity index (χ4v) is 3.14. The van der Waals surface area contributed by atoms with E-state index in [2.05, 4.69) is 14.9 Å². The zero-order chi connectivity index (χ0) is 17.1. The van der Waals surface area contributed by atoms with E-state index < -0.39 is 0 Å². The molecule has 2 amide bonds. The van der Waals surface area contributed by atoms with E-state index in [4.69, 9.17) is 0 Å². The summed E-state index contributed by atoms with van der Waals surface area (Å²) < 4.78 is 2.13. The van der Waals surface area contributed by atoms with Gasteiger partial charge in [-0.05, 0) is 36.8 Å². The molecule has 0 saturated heterocycles. The summed E-state index contributed by atoms with van der Waals surface area (Å²) >= 11 is 0. The highest BCUT2D eigenvalue weighted by molar-refractivity contribution is 5.92. The van der Waals surface area contributed by atoms with Crippen LogP contribution >= 0.6 is 0 Å². The normalized spacial score (nSPS) is 17.1. The molecule has 1 atom stereocenters. The highest BCUT2D eigenvalue weighted by Crippen LogP contribution is 2.21. The molecule has 1 aliphatic rings. The van der Waals surface area contributed by atoms with Crippen molar-refractivity contribution in [2.24, 2.45) is 5.92 Å². The van der Waals surface area contributed by atoms with Crippen molar-refractivity contribution in [3.63, 3.8) is 0 Å². The van der Waals surface area contributed by atoms with Gasteiger partial charge in [-0.15, -0.1) is 0 Å². The number of hydrogen-bond donors (Lipinski definition) is 1. The number of hydrogen-bond acceptors (Lipinski definition) is 3. The molecule has 1 N–H and O–H groups in total. The molecule has 2 aromatic rings. The number of carbonyl (C=O) groups is 2. The molecule has 1 unspecified atom stereocenters. The molecular weight excluding hydrogens is 304 g/mol. The zero-order valence-electron chi connectivity index (χ0n) is 14.0. The minimum Gasteiger partial charge on any atom is -0.359 e. The average Bonchev–Trinajstić information content (AvgIpc) is 2.92. The lowest BCUT2D eigenvalue weighted by molar-refractivity contribution is -0.121. The first-order valence-electron chi connectivity index (χ1n) is 8.13. The molecule has 3 rings (SSSR count). The lowest BCUT2D eigenvalue weighted by Gasteiger charge is -2.23. The summed E-state index contributed by atoms with van der Waals surface area (Å²) in [5.74, 6) is -0.0145. The lowest BCUT2D eigenvalue weighted by Crippen LogP contribution is -2.36. The van der Waals surface area contributed by atoms with Gasteiger partial charge in [-0.1, -0.05) is 0 Å². The van der Waals surface area contributed by atoms with Crippen LogP contribution in [0.1, 0.15) is 28.2 Å². The van der Waals surface area contributed by atoms with Crippen LogP contribution in [-0.2, 0) is 17.9 Å². The number of nitrogens with zero attached hydrogens (tertiary/aromatic N) is 3. The molecular formula is C18H22N4O2. The smallest absolute Gasteiger partial charge is 0.272 e. The summed E-state index contributed by atoms with van der Waals surface area (Å²) in [4.78, 5) is 30.7.